The van der Waals surface area contributed by atoms with E-state index in [1.54, 1.807) is 0 Å². The van der Waals surface area contributed by atoms with Gasteiger partial charge in [-0.15, -0.1) is 0 Å². The van der Waals surface area contributed by atoms with Gasteiger partial charge in [0.05, 0.1) is 29.3 Å². The summed E-state index contributed by atoms with van der Waals surface area (Å²) in [4.78, 5) is 0.0641. The molecule has 43 heavy (non-hydrogen) atoms. The van der Waals surface area contributed by atoms with E-state index in [9.17, 15) is 21.4 Å². The monoisotopic (exact) mass is 624 g/mol. The first-order valence-electron chi connectivity index (χ1n) is 15.6. The Labute approximate surface area is 252 Å². The summed E-state index contributed by atoms with van der Waals surface area (Å²) >= 11 is 0. The van der Waals surface area contributed by atoms with E-state index in [-0.39, 0.29) is 51.8 Å². The minimum Gasteiger partial charge on any atom is -0.379 e. The molecule has 4 saturated heterocycles. The highest BCUT2D eigenvalue weighted by Crippen LogP contribution is 2.53. The second-order valence-corrected chi connectivity index (χ2v) is 15.8. The number of fused-ring (bicyclic) bond motifs is 6. The van der Waals surface area contributed by atoms with Gasteiger partial charge in [-0.2, -0.15) is 16.8 Å². The zero-order valence-electron chi connectivity index (χ0n) is 23.9. The summed E-state index contributed by atoms with van der Waals surface area (Å²) in [5.41, 5.74) is 2.54. The van der Waals surface area contributed by atoms with E-state index in [0.717, 1.165) is 79.7 Å². The SMILES string of the molecule is O=S(=O)(O)c1ccc(OS(=O)(=O)c2c(C3CC4CCC3O4)cc3ccccc3c2C2CC3CCC2O3)c2c1CCCCC2. The highest BCUT2D eigenvalue weighted by molar-refractivity contribution is 7.87. The Morgan fingerprint density at radius 1 is 0.767 bits per heavy atom. The van der Waals surface area contributed by atoms with E-state index in [1.807, 2.05) is 24.3 Å². The van der Waals surface area contributed by atoms with Gasteiger partial charge in [-0.05, 0) is 110 Å². The van der Waals surface area contributed by atoms with E-state index in [2.05, 4.69) is 6.07 Å². The molecule has 0 aromatic heterocycles. The third kappa shape index (κ3) is 4.72. The normalized spacial score (nSPS) is 30.1. The summed E-state index contributed by atoms with van der Waals surface area (Å²) in [6.07, 6.45) is 8.82. The van der Waals surface area contributed by atoms with Crippen molar-refractivity contribution in [1.82, 2.24) is 0 Å². The molecule has 0 radical (unpaired) electrons. The molecular weight excluding hydrogens is 588 g/mol. The maximum Gasteiger partial charge on any atom is 0.339 e. The minimum atomic E-state index is -4.48. The predicted octanol–water partition coefficient (Wildman–Crippen LogP) is 6.19. The van der Waals surface area contributed by atoms with Gasteiger partial charge in [-0.25, -0.2) is 0 Å². The molecule has 5 aliphatic rings. The highest BCUT2D eigenvalue weighted by Gasteiger charge is 2.48. The fourth-order valence-electron chi connectivity index (χ4n) is 8.67. The van der Waals surface area contributed by atoms with Crippen LogP contribution < -0.4 is 4.18 Å². The van der Waals surface area contributed by atoms with Crippen molar-refractivity contribution >= 4 is 31.0 Å². The maximum absolute atomic E-state index is 14.8. The van der Waals surface area contributed by atoms with Crippen molar-refractivity contribution in [1.29, 1.82) is 0 Å². The van der Waals surface area contributed by atoms with Crippen LogP contribution in [0.4, 0.5) is 0 Å². The molecule has 4 fully saturated rings. The Bertz CT molecular complexity index is 1830. The van der Waals surface area contributed by atoms with Gasteiger partial charge >= 0.3 is 10.1 Å². The molecule has 6 unspecified atom stereocenters. The highest BCUT2D eigenvalue weighted by atomic mass is 32.2. The molecule has 3 aromatic rings. The van der Waals surface area contributed by atoms with E-state index < -0.39 is 20.2 Å². The summed E-state index contributed by atoms with van der Waals surface area (Å²) in [6, 6.07) is 12.7. The van der Waals surface area contributed by atoms with Crippen LogP contribution in [-0.2, 0) is 42.6 Å². The van der Waals surface area contributed by atoms with Gasteiger partial charge in [0.2, 0.25) is 0 Å². The molecule has 4 heterocycles. The topological polar surface area (TPSA) is 116 Å². The molecule has 0 amide bonds. The van der Waals surface area contributed by atoms with Crippen molar-refractivity contribution in [2.45, 2.75) is 117 Å². The smallest absolute Gasteiger partial charge is 0.339 e. The molecule has 4 aliphatic heterocycles. The first-order valence-corrected chi connectivity index (χ1v) is 18.5. The van der Waals surface area contributed by atoms with Crippen LogP contribution in [0.5, 0.6) is 5.75 Å². The second kappa shape index (κ2) is 10.3. The van der Waals surface area contributed by atoms with Crippen LogP contribution in [0.25, 0.3) is 10.8 Å². The number of benzene rings is 3. The lowest BCUT2D eigenvalue weighted by Gasteiger charge is -2.29. The number of hydrogen-bond donors (Lipinski definition) is 1. The summed E-state index contributed by atoms with van der Waals surface area (Å²) in [7, 11) is -8.87. The molecule has 8 nitrogen and oxygen atoms in total. The lowest BCUT2D eigenvalue weighted by molar-refractivity contribution is 0.0999. The van der Waals surface area contributed by atoms with E-state index >= 15 is 0 Å². The average Bonchev–Trinajstić information content (AvgIpc) is 3.77. The van der Waals surface area contributed by atoms with Gasteiger partial charge in [0.25, 0.3) is 10.1 Å². The molecule has 4 bridgehead atoms. The van der Waals surface area contributed by atoms with Crippen molar-refractivity contribution < 1.29 is 35.0 Å². The van der Waals surface area contributed by atoms with Crippen LogP contribution in [0.2, 0.25) is 0 Å². The Kier molecular flexibility index (Phi) is 6.69. The molecule has 6 atom stereocenters. The molecule has 3 aromatic carbocycles. The number of hydrogen-bond acceptors (Lipinski definition) is 7. The van der Waals surface area contributed by atoms with Crippen molar-refractivity contribution in [2.24, 2.45) is 0 Å². The third-order valence-corrected chi connectivity index (χ3v) is 12.8. The Morgan fingerprint density at radius 3 is 2.09 bits per heavy atom. The molecule has 0 spiro atoms. The van der Waals surface area contributed by atoms with E-state index in [0.29, 0.717) is 24.0 Å². The molecule has 0 saturated carbocycles. The van der Waals surface area contributed by atoms with Crippen LogP contribution >= 0.6 is 0 Å². The predicted molar refractivity (Wildman–Crippen MR) is 160 cm³/mol. The number of rotatable bonds is 6. The van der Waals surface area contributed by atoms with E-state index in [4.69, 9.17) is 13.7 Å². The lowest BCUT2D eigenvalue weighted by atomic mass is 9.77. The quantitative estimate of drug-likeness (QED) is 0.196. The van der Waals surface area contributed by atoms with Crippen LogP contribution in [0.1, 0.15) is 91.9 Å². The van der Waals surface area contributed by atoms with Crippen molar-refractivity contribution in [3.8, 4) is 5.75 Å². The lowest BCUT2D eigenvalue weighted by Crippen LogP contribution is -2.25. The maximum atomic E-state index is 14.8. The molecule has 1 aliphatic carbocycles. The van der Waals surface area contributed by atoms with Crippen molar-refractivity contribution in [3.63, 3.8) is 0 Å². The first-order chi connectivity index (χ1) is 20.7. The molecular formula is C33H36O8S2. The second-order valence-electron chi connectivity index (χ2n) is 13.0. The molecule has 1 N–H and O–H groups in total. The van der Waals surface area contributed by atoms with Crippen molar-refractivity contribution in [2.75, 3.05) is 0 Å². The molecule has 10 heteroatoms. The Morgan fingerprint density at radius 2 is 1.44 bits per heavy atom. The largest absolute Gasteiger partial charge is 0.379 e. The zero-order chi connectivity index (χ0) is 29.5. The first kappa shape index (κ1) is 28.0. The third-order valence-electron chi connectivity index (χ3n) is 10.5. The average molecular weight is 625 g/mol. The van der Waals surface area contributed by atoms with Gasteiger partial charge in [-0.3, -0.25) is 4.55 Å². The van der Waals surface area contributed by atoms with Crippen molar-refractivity contribution in [3.05, 3.63) is 64.7 Å². The van der Waals surface area contributed by atoms with Crippen LogP contribution in [-0.4, -0.2) is 45.8 Å². The summed E-state index contributed by atoms with van der Waals surface area (Å²) in [5, 5.41) is 1.91. The van der Waals surface area contributed by atoms with Gasteiger partial charge < -0.3 is 13.7 Å². The van der Waals surface area contributed by atoms with Crippen LogP contribution in [0.15, 0.2) is 52.3 Å². The fourth-order valence-corrected chi connectivity index (χ4v) is 10.9. The minimum absolute atomic E-state index is 0.0328. The summed E-state index contributed by atoms with van der Waals surface area (Å²) in [5.74, 6) is 0.00673. The number of ether oxygens (including phenoxy) is 2. The van der Waals surface area contributed by atoms with Gasteiger partial charge in [-0.1, -0.05) is 30.7 Å². The van der Waals surface area contributed by atoms with Gasteiger partial charge in [0.1, 0.15) is 10.6 Å². The Balaban J connectivity index is 1.33. The van der Waals surface area contributed by atoms with Crippen LogP contribution in [0.3, 0.4) is 0 Å². The standard InChI is InChI=1S/C33H36O8S2/c34-42(35,36)31-15-14-30(23-8-2-1-3-9-24(23)31)41-43(37,38)33-26(25-17-20-10-12-28(25)39-20)16-19-6-4-5-7-22(19)32(33)27-18-21-11-13-29(27)40-21/h4-7,14-16,20-21,25,27-29H,1-3,8-13,17-18H2,(H,34,35,36). The van der Waals surface area contributed by atoms with Crippen LogP contribution in [0, 0.1) is 0 Å². The van der Waals surface area contributed by atoms with Gasteiger partial charge in [0.15, 0.2) is 0 Å². The summed E-state index contributed by atoms with van der Waals surface area (Å²) in [6.45, 7) is 0. The van der Waals surface area contributed by atoms with Gasteiger partial charge in [0, 0.05) is 17.4 Å². The van der Waals surface area contributed by atoms with E-state index in [1.165, 1.54) is 12.1 Å². The Hall–Kier alpha value is -2.50. The zero-order valence-corrected chi connectivity index (χ0v) is 25.5. The molecule has 8 rings (SSSR count). The fraction of sp³-hybridized carbons (Fsp3) is 0.515. The molecule has 228 valence electrons. The summed E-state index contributed by atoms with van der Waals surface area (Å²) < 4.78 is 82.7.